The molecule has 82 valence electrons. The molecule has 3 N–H and O–H groups in total. The lowest BCUT2D eigenvalue weighted by molar-refractivity contribution is -0.134. The minimum atomic E-state index is -0.334. The summed E-state index contributed by atoms with van der Waals surface area (Å²) >= 11 is 0. The second-order valence-corrected chi connectivity index (χ2v) is 3.95. The molecule has 0 aromatic carbocycles. The van der Waals surface area contributed by atoms with E-state index in [9.17, 15) is 9.90 Å². The van der Waals surface area contributed by atoms with Gasteiger partial charge in [0.05, 0.1) is 12.0 Å². The van der Waals surface area contributed by atoms with Gasteiger partial charge in [0, 0.05) is 19.6 Å². The van der Waals surface area contributed by atoms with Crippen LogP contribution in [0.3, 0.4) is 0 Å². The van der Waals surface area contributed by atoms with Crippen LogP contribution >= 0.6 is 0 Å². The van der Waals surface area contributed by atoms with Crippen molar-refractivity contribution in [3.63, 3.8) is 0 Å². The Hall–Kier alpha value is -0.610. The molecule has 0 aromatic heterocycles. The molecule has 0 aliphatic carbocycles. The number of carbonyl (C=O) groups excluding carboxylic acids is 1. The standard InChI is InChI=1S/C10H20N2O2/c1-2-3-8(6-11)10(14)12-5-4-9(13)7-12/h8-9,13H,2-7,11H2,1H3/t8?,9-/m0/s1. The molecule has 0 saturated carbocycles. The van der Waals surface area contributed by atoms with Gasteiger partial charge < -0.3 is 15.7 Å². The van der Waals surface area contributed by atoms with Crippen molar-refractivity contribution in [3.8, 4) is 0 Å². The summed E-state index contributed by atoms with van der Waals surface area (Å²) in [6, 6.07) is 0. The first-order valence-corrected chi connectivity index (χ1v) is 5.36. The second kappa shape index (κ2) is 5.32. The number of amides is 1. The van der Waals surface area contributed by atoms with Crippen LogP contribution in [-0.4, -0.2) is 41.7 Å². The molecule has 4 heteroatoms. The zero-order valence-corrected chi connectivity index (χ0v) is 8.78. The first-order chi connectivity index (χ1) is 6.69. The van der Waals surface area contributed by atoms with Gasteiger partial charge in [-0.1, -0.05) is 13.3 Å². The Balaban J connectivity index is 2.45. The van der Waals surface area contributed by atoms with Crippen LogP contribution in [0.15, 0.2) is 0 Å². The van der Waals surface area contributed by atoms with E-state index in [-0.39, 0.29) is 17.9 Å². The van der Waals surface area contributed by atoms with Gasteiger partial charge in [-0.15, -0.1) is 0 Å². The van der Waals surface area contributed by atoms with E-state index in [0.29, 0.717) is 26.1 Å². The number of nitrogens with zero attached hydrogens (tertiary/aromatic N) is 1. The second-order valence-electron chi connectivity index (χ2n) is 3.95. The molecule has 1 unspecified atom stereocenters. The summed E-state index contributed by atoms with van der Waals surface area (Å²) in [5, 5.41) is 9.31. The average molecular weight is 200 g/mol. The number of likely N-dealkylation sites (tertiary alicyclic amines) is 1. The molecule has 0 aromatic rings. The van der Waals surface area contributed by atoms with E-state index in [2.05, 4.69) is 6.92 Å². The minimum Gasteiger partial charge on any atom is -0.391 e. The van der Waals surface area contributed by atoms with E-state index in [1.54, 1.807) is 4.90 Å². The number of aliphatic hydroxyl groups excluding tert-OH is 1. The largest absolute Gasteiger partial charge is 0.391 e. The number of nitrogens with two attached hydrogens (primary N) is 1. The SMILES string of the molecule is CCCC(CN)C(=O)N1CC[C@H](O)C1. The Labute approximate surface area is 85.1 Å². The molecule has 1 aliphatic rings. The maximum absolute atomic E-state index is 11.8. The Morgan fingerprint density at radius 3 is 2.86 bits per heavy atom. The number of hydrogen-bond donors (Lipinski definition) is 2. The van der Waals surface area contributed by atoms with Gasteiger partial charge >= 0.3 is 0 Å². The third kappa shape index (κ3) is 2.69. The van der Waals surface area contributed by atoms with Crippen LogP contribution in [0.2, 0.25) is 0 Å². The number of carbonyl (C=O) groups is 1. The Bertz CT molecular complexity index is 191. The highest BCUT2D eigenvalue weighted by molar-refractivity contribution is 5.79. The summed E-state index contributed by atoms with van der Waals surface area (Å²) in [4.78, 5) is 13.6. The molecule has 0 radical (unpaired) electrons. The van der Waals surface area contributed by atoms with Crippen LogP contribution in [0.1, 0.15) is 26.2 Å². The Morgan fingerprint density at radius 1 is 1.71 bits per heavy atom. The van der Waals surface area contributed by atoms with E-state index < -0.39 is 0 Å². The fourth-order valence-corrected chi connectivity index (χ4v) is 1.89. The summed E-state index contributed by atoms with van der Waals surface area (Å²) in [5.41, 5.74) is 5.55. The van der Waals surface area contributed by atoms with Crippen LogP contribution < -0.4 is 5.73 Å². The van der Waals surface area contributed by atoms with Crippen LogP contribution in [0.5, 0.6) is 0 Å². The Morgan fingerprint density at radius 2 is 2.43 bits per heavy atom. The average Bonchev–Trinajstić information content (AvgIpc) is 2.60. The highest BCUT2D eigenvalue weighted by Gasteiger charge is 2.28. The first kappa shape index (κ1) is 11.5. The van der Waals surface area contributed by atoms with Crippen LogP contribution in [0.4, 0.5) is 0 Å². The molecule has 1 amide bonds. The highest BCUT2D eigenvalue weighted by atomic mass is 16.3. The number of rotatable bonds is 4. The van der Waals surface area contributed by atoms with Crippen LogP contribution in [0.25, 0.3) is 0 Å². The summed E-state index contributed by atoms with van der Waals surface area (Å²) in [5.74, 6) is 0.0659. The lowest BCUT2D eigenvalue weighted by atomic mass is 10.0. The molecule has 1 fully saturated rings. The highest BCUT2D eigenvalue weighted by Crippen LogP contribution is 2.15. The summed E-state index contributed by atoms with van der Waals surface area (Å²) < 4.78 is 0. The van der Waals surface area contributed by atoms with Gasteiger partial charge in [-0.3, -0.25) is 4.79 Å². The molecule has 1 saturated heterocycles. The van der Waals surface area contributed by atoms with Crippen molar-refractivity contribution >= 4 is 5.91 Å². The predicted octanol–water partition coefficient (Wildman–Crippen LogP) is -0.0454. The quantitative estimate of drug-likeness (QED) is 0.669. The van der Waals surface area contributed by atoms with E-state index >= 15 is 0 Å². The zero-order valence-electron chi connectivity index (χ0n) is 8.78. The molecular formula is C10H20N2O2. The monoisotopic (exact) mass is 200 g/mol. The number of β-amino-alcohol motifs (C(OH)–C–C–N with tert-alkyl or cyclic N) is 1. The summed E-state index contributed by atoms with van der Waals surface area (Å²) in [6.45, 7) is 3.63. The molecule has 2 atom stereocenters. The third-order valence-corrected chi connectivity index (χ3v) is 2.75. The van der Waals surface area contributed by atoms with Crippen molar-refractivity contribution in [2.24, 2.45) is 11.7 Å². The zero-order chi connectivity index (χ0) is 10.6. The smallest absolute Gasteiger partial charge is 0.227 e. The lowest BCUT2D eigenvalue weighted by Gasteiger charge is -2.21. The first-order valence-electron chi connectivity index (χ1n) is 5.36. The van der Waals surface area contributed by atoms with Gasteiger partial charge in [-0.25, -0.2) is 0 Å². The minimum absolute atomic E-state index is 0.0506. The van der Waals surface area contributed by atoms with Crippen molar-refractivity contribution in [1.29, 1.82) is 0 Å². The molecule has 1 aliphatic heterocycles. The van der Waals surface area contributed by atoms with Crippen molar-refractivity contribution < 1.29 is 9.90 Å². The van der Waals surface area contributed by atoms with Gasteiger partial charge in [-0.05, 0) is 12.8 Å². The van der Waals surface area contributed by atoms with Crippen LogP contribution in [-0.2, 0) is 4.79 Å². The predicted molar refractivity (Wildman–Crippen MR) is 54.7 cm³/mol. The van der Waals surface area contributed by atoms with E-state index in [1.807, 2.05) is 0 Å². The molecule has 0 spiro atoms. The van der Waals surface area contributed by atoms with E-state index in [0.717, 1.165) is 12.8 Å². The molecule has 1 heterocycles. The van der Waals surface area contributed by atoms with Crippen molar-refractivity contribution in [2.75, 3.05) is 19.6 Å². The van der Waals surface area contributed by atoms with Crippen molar-refractivity contribution in [2.45, 2.75) is 32.3 Å². The number of aliphatic hydroxyl groups is 1. The Kier molecular flexibility index (Phi) is 4.35. The van der Waals surface area contributed by atoms with Crippen LogP contribution in [0, 0.1) is 5.92 Å². The van der Waals surface area contributed by atoms with Gasteiger partial charge in [0.25, 0.3) is 0 Å². The summed E-state index contributed by atoms with van der Waals surface area (Å²) in [6.07, 6.45) is 2.19. The molecule has 1 rings (SSSR count). The topological polar surface area (TPSA) is 66.6 Å². The normalized spacial score (nSPS) is 23.9. The van der Waals surface area contributed by atoms with Crippen molar-refractivity contribution in [1.82, 2.24) is 4.90 Å². The molecule has 14 heavy (non-hydrogen) atoms. The fraction of sp³-hybridized carbons (Fsp3) is 0.900. The molecular weight excluding hydrogens is 180 g/mol. The van der Waals surface area contributed by atoms with E-state index in [1.165, 1.54) is 0 Å². The van der Waals surface area contributed by atoms with Gasteiger partial charge in [0.15, 0.2) is 0 Å². The van der Waals surface area contributed by atoms with Gasteiger partial charge in [-0.2, -0.15) is 0 Å². The molecule has 4 nitrogen and oxygen atoms in total. The summed E-state index contributed by atoms with van der Waals surface area (Å²) in [7, 11) is 0. The maximum atomic E-state index is 11.8. The maximum Gasteiger partial charge on any atom is 0.227 e. The van der Waals surface area contributed by atoms with Crippen molar-refractivity contribution in [3.05, 3.63) is 0 Å². The van der Waals surface area contributed by atoms with Gasteiger partial charge in [0.1, 0.15) is 0 Å². The molecule has 0 bridgehead atoms. The number of hydrogen-bond acceptors (Lipinski definition) is 3. The fourth-order valence-electron chi connectivity index (χ4n) is 1.89. The third-order valence-electron chi connectivity index (χ3n) is 2.75. The van der Waals surface area contributed by atoms with E-state index in [4.69, 9.17) is 5.73 Å². The lowest BCUT2D eigenvalue weighted by Crippen LogP contribution is -2.38. The van der Waals surface area contributed by atoms with Gasteiger partial charge in [0.2, 0.25) is 5.91 Å².